The Labute approximate surface area is 206 Å². The van der Waals surface area contributed by atoms with Crippen LogP contribution in [0.15, 0.2) is 55.3 Å². The monoisotopic (exact) mass is 476 g/mol. The molecule has 3 aromatic rings. The first-order valence-corrected chi connectivity index (χ1v) is 11.6. The minimum absolute atomic E-state index is 0.342. The van der Waals surface area contributed by atoms with Crippen LogP contribution in [0.4, 0.5) is 4.79 Å². The third-order valence-electron chi connectivity index (χ3n) is 5.29. The fraction of sp³-hybridized carbons (Fsp3) is 0.296. The highest BCUT2D eigenvalue weighted by atomic mass is 16.5. The van der Waals surface area contributed by atoms with Gasteiger partial charge in [-0.2, -0.15) is 4.68 Å². The van der Waals surface area contributed by atoms with E-state index in [-0.39, 0.29) is 6.03 Å². The lowest BCUT2D eigenvalue weighted by molar-refractivity contribution is 0.239. The summed E-state index contributed by atoms with van der Waals surface area (Å²) in [5.74, 6) is 1.97. The number of hydrogen-bond donors (Lipinski definition) is 1. The van der Waals surface area contributed by atoms with E-state index in [1.807, 2.05) is 48.6 Å². The Morgan fingerprint density at radius 2 is 1.91 bits per heavy atom. The van der Waals surface area contributed by atoms with Crippen molar-refractivity contribution in [3.8, 4) is 28.5 Å². The van der Waals surface area contributed by atoms with Crippen LogP contribution in [0.25, 0.3) is 23.4 Å². The van der Waals surface area contributed by atoms with E-state index in [2.05, 4.69) is 29.1 Å². The van der Waals surface area contributed by atoms with Crippen molar-refractivity contribution < 1.29 is 19.0 Å². The number of amides is 1. The van der Waals surface area contributed by atoms with Crippen molar-refractivity contribution in [2.24, 2.45) is 0 Å². The van der Waals surface area contributed by atoms with Crippen molar-refractivity contribution in [1.82, 2.24) is 20.3 Å². The zero-order valence-corrected chi connectivity index (χ0v) is 20.5. The van der Waals surface area contributed by atoms with E-state index in [1.54, 1.807) is 26.5 Å². The van der Waals surface area contributed by atoms with Crippen LogP contribution in [0.3, 0.4) is 0 Å². The van der Waals surface area contributed by atoms with Gasteiger partial charge in [0.05, 0.1) is 32.6 Å². The average Bonchev–Trinajstić information content (AvgIpc) is 3.37. The fourth-order valence-electron chi connectivity index (χ4n) is 3.42. The number of ether oxygens (including phenoxy) is 3. The van der Waals surface area contributed by atoms with E-state index in [4.69, 9.17) is 14.2 Å². The molecule has 1 heterocycles. The molecule has 0 aliphatic heterocycles. The summed E-state index contributed by atoms with van der Waals surface area (Å²) in [4.78, 5) is 12.8. The number of carbonyl (C=O) groups is 1. The van der Waals surface area contributed by atoms with E-state index in [9.17, 15) is 4.79 Å². The van der Waals surface area contributed by atoms with Gasteiger partial charge in [-0.15, -0.1) is 11.7 Å². The number of benzene rings is 2. The Morgan fingerprint density at radius 1 is 1.11 bits per heavy atom. The number of methoxy groups -OCH3 is 2. The van der Waals surface area contributed by atoms with Crippen LogP contribution in [-0.2, 0) is 0 Å². The molecular formula is C27H32N4O4. The number of nitrogens with zero attached hydrogens (tertiary/aromatic N) is 3. The van der Waals surface area contributed by atoms with E-state index < -0.39 is 0 Å². The molecule has 0 aliphatic rings. The summed E-state index contributed by atoms with van der Waals surface area (Å²) in [6, 6.07) is 11.1. The summed E-state index contributed by atoms with van der Waals surface area (Å²) < 4.78 is 18.1. The molecule has 0 unspecified atom stereocenters. The van der Waals surface area contributed by atoms with Gasteiger partial charge in [0.25, 0.3) is 0 Å². The van der Waals surface area contributed by atoms with Crippen molar-refractivity contribution >= 4 is 18.2 Å². The van der Waals surface area contributed by atoms with E-state index in [0.29, 0.717) is 35.9 Å². The maximum absolute atomic E-state index is 12.8. The summed E-state index contributed by atoms with van der Waals surface area (Å²) in [7, 11) is 3.17. The third-order valence-corrected chi connectivity index (χ3v) is 5.29. The van der Waals surface area contributed by atoms with Gasteiger partial charge in [-0.1, -0.05) is 48.9 Å². The van der Waals surface area contributed by atoms with Gasteiger partial charge in [0.15, 0.2) is 0 Å². The smallest absolute Gasteiger partial charge is 0.344 e. The van der Waals surface area contributed by atoms with E-state index >= 15 is 0 Å². The summed E-state index contributed by atoms with van der Waals surface area (Å²) in [6.45, 7) is 6.93. The third kappa shape index (κ3) is 6.72. The molecule has 0 atom stereocenters. The molecule has 8 heteroatoms. The molecule has 0 saturated heterocycles. The van der Waals surface area contributed by atoms with Gasteiger partial charge >= 0.3 is 6.03 Å². The molecule has 8 nitrogen and oxygen atoms in total. The first kappa shape index (κ1) is 25.6. The maximum atomic E-state index is 12.8. The Kier molecular flexibility index (Phi) is 9.48. The van der Waals surface area contributed by atoms with Crippen LogP contribution in [0.1, 0.15) is 37.3 Å². The highest BCUT2D eigenvalue weighted by Gasteiger charge is 2.20. The molecule has 2 aromatic carbocycles. The molecule has 1 aromatic heterocycles. The summed E-state index contributed by atoms with van der Waals surface area (Å²) >= 11 is 0. The molecule has 1 amide bonds. The molecule has 1 N–H and O–H groups in total. The van der Waals surface area contributed by atoms with Gasteiger partial charge in [0.2, 0.25) is 0 Å². The first-order chi connectivity index (χ1) is 17.1. The summed E-state index contributed by atoms with van der Waals surface area (Å²) in [5.41, 5.74) is 2.98. The molecule has 35 heavy (non-hydrogen) atoms. The Bertz CT molecular complexity index is 1150. The number of unbranched alkanes of at least 4 members (excludes halogenated alkanes) is 1. The summed E-state index contributed by atoms with van der Waals surface area (Å²) in [5, 5.41) is 10.9. The minimum Gasteiger partial charge on any atom is -0.497 e. The van der Waals surface area contributed by atoms with Crippen molar-refractivity contribution in [3.05, 3.63) is 66.4 Å². The van der Waals surface area contributed by atoms with Crippen LogP contribution in [0.2, 0.25) is 0 Å². The average molecular weight is 477 g/mol. The molecule has 0 aliphatic carbocycles. The lowest BCUT2D eigenvalue weighted by Crippen LogP contribution is -2.30. The van der Waals surface area contributed by atoms with Crippen molar-refractivity contribution in [2.75, 3.05) is 27.4 Å². The van der Waals surface area contributed by atoms with Crippen LogP contribution >= 0.6 is 0 Å². The summed E-state index contributed by atoms with van der Waals surface area (Å²) in [6.07, 6.45) is 9.95. The molecular weight excluding hydrogens is 444 g/mol. The Morgan fingerprint density at radius 3 is 2.60 bits per heavy atom. The number of aromatic nitrogens is 3. The second kappa shape index (κ2) is 13.0. The molecule has 3 rings (SSSR count). The Balaban J connectivity index is 1.95. The quantitative estimate of drug-likeness (QED) is 0.213. The number of carbonyl (C=O) groups excluding carboxylic acids is 1. The topological polar surface area (TPSA) is 87.5 Å². The lowest BCUT2D eigenvalue weighted by Gasteiger charge is -2.15. The number of hydrogen-bond acceptors (Lipinski definition) is 6. The van der Waals surface area contributed by atoms with Gasteiger partial charge < -0.3 is 19.5 Å². The zero-order chi connectivity index (χ0) is 25.0. The molecule has 184 valence electrons. The molecule has 0 saturated carbocycles. The maximum Gasteiger partial charge on any atom is 0.344 e. The van der Waals surface area contributed by atoms with Gasteiger partial charge in [-0.25, -0.2) is 4.79 Å². The fourth-order valence-corrected chi connectivity index (χ4v) is 3.42. The lowest BCUT2D eigenvalue weighted by atomic mass is 10.0. The molecule has 0 radical (unpaired) electrons. The van der Waals surface area contributed by atoms with Gasteiger partial charge in [0, 0.05) is 12.6 Å². The van der Waals surface area contributed by atoms with Crippen molar-refractivity contribution in [2.45, 2.75) is 26.2 Å². The molecule has 0 fully saturated rings. The molecule has 0 spiro atoms. The predicted octanol–water partition coefficient (Wildman–Crippen LogP) is 5.45. The molecule has 0 bridgehead atoms. The second-order valence-corrected chi connectivity index (χ2v) is 7.74. The highest BCUT2D eigenvalue weighted by Crippen LogP contribution is 2.37. The van der Waals surface area contributed by atoms with Crippen molar-refractivity contribution in [1.29, 1.82) is 0 Å². The van der Waals surface area contributed by atoms with E-state index in [0.717, 1.165) is 36.1 Å². The first-order valence-electron chi connectivity index (χ1n) is 11.6. The highest BCUT2D eigenvalue weighted by molar-refractivity contribution is 5.88. The van der Waals surface area contributed by atoms with Crippen LogP contribution < -0.4 is 19.5 Å². The second-order valence-electron chi connectivity index (χ2n) is 7.74. The largest absolute Gasteiger partial charge is 0.497 e. The Hall–Kier alpha value is -4.07. The number of nitrogens with one attached hydrogen (secondary N) is 1. The van der Waals surface area contributed by atoms with Crippen molar-refractivity contribution in [3.63, 3.8) is 0 Å². The SMILES string of the molecule is C=CCCOc1ccc(/C=C/c2cc(OC)cc(OC)c2-c2cnnn2C(=O)NCCCC)cc1. The standard InChI is InChI=1S/C27H32N4O4/c1-5-7-15-28-27(32)31-24(19-29-30-31)26-21(17-23(33-3)18-25(26)34-4)12-9-20-10-13-22(14-11-20)35-16-8-6-2/h6,9-14,17-19H,2,5,7-8,15-16H2,1,3-4H3,(H,28,32)/b12-9+. The van der Waals surface area contributed by atoms with E-state index in [1.165, 1.54) is 4.68 Å². The van der Waals surface area contributed by atoms with Crippen LogP contribution in [0, 0.1) is 0 Å². The van der Waals surface area contributed by atoms with Gasteiger partial charge in [0.1, 0.15) is 22.9 Å². The normalized spacial score (nSPS) is 10.8. The van der Waals surface area contributed by atoms with Gasteiger partial charge in [-0.3, -0.25) is 0 Å². The minimum atomic E-state index is -0.342. The van der Waals surface area contributed by atoms with Crippen LogP contribution in [0.5, 0.6) is 17.2 Å². The zero-order valence-electron chi connectivity index (χ0n) is 20.5. The van der Waals surface area contributed by atoms with Crippen LogP contribution in [-0.4, -0.2) is 48.4 Å². The van der Waals surface area contributed by atoms with Gasteiger partial charge in [-0.05, 0) is 42.2 Å². The number of rotatable bonds is 12. The predicted molar refractivity (Wildman–Crippen MR) is 138 cm³/mol.